The van der Waals surface area contributed by atoms with E-state index in [0.717, 1.165) is 17.7 Å². The number of benzene rings is 1. The molecule has 0 aromatic heterocycles. The lowest BCUT2D eigenvalue weighted by atomic mass is 9.93. The molecule has 2 rings (SSSR count). The molecule has 2 unspecified atom stereocenters. The van der Waals surface area contributed by atoms with Crippen LogP contribution < -0.4 is 0 Å². The Morgan fingerprint density at radius 1 is 1.25 bits per heavy atom. The number of carbonyl (C=O) groups excluding carboxylic acids is 2. The van der Waals surface area contributed by atoms with E-state index in [-0.39, 0.29) is 18.4 Å². The molecule has 0 radical (unpaired) electrons. The summed E-state index contributed by atoms with van der Waals surface area (Å²) in [6.07, 6.45) is -0.680. The number of aryl methyl sites for hydroxylation is 1. The lowest BCUT2D eigenvalue weighted by molar-refractivity contribution is -0.166. The van der Waals surface area contributed by atoms with Gasteiger partial charge in [-0.2, -0.15) is 0 Å². The number of nitrogens with zero attached hydrogens (tertiary/aromatic N) is 3. The Kier molecular flexibility index (Phi) is 5.96. The van der Waals surface area contributed by atoms with Gasteiger partial charge in [0.15, 0.2) is 6.10 Å². The molecule has 1 aromatic carbocycles. The Labute approximate surface area is 144 Å². The van der Waals surface area contributed by atoms with Crippen molar-refractivity contribution in [2.24, 2.45) is 0 Å². The minimum absolute atomic E-state index is 0.0587. The van der Waals surface area contributed by atoms with Gasteiger partial charge in [-0.25, -0.2) is 0 Å². The van der Waals surface area contributed by atoms with Crippen LogP contribution in [0.1, 0.15) is 17.2 Å². The van der Waals surface area contributed by atoms with Crippen molar-refractivity contribution < 1.29 is 14.3 Å². The number of likely N-dealkylation sites (N-methyl/N-ethyl adjacent to an activating group) is 3. The Morgan fingerprint density at radius 3 is 2.54 bits per heavy atom. The molecule has 1 fully saturated rings. The third-order valence-corrected chi connectivity index (χ3v) is 4.49. The molecule has 0 spiro atoms. The van der Waals surface area contributed by atoms with E-state index >= 15 is 0 Å². The maximum atomic E-state index is 12.9. The van der Waals surface area contributed by atoms with Gasteiger partial charge in [-0.15, -0.1) is 0 Å². The summed E-state index contributed by atoms with van der Waals surface area (Å²) in [5.41, 5.74) is 1.99. The lowest BCUT2D eigenvalue weighted by Crippen LogP contribution is -2.54. The maximum Gasteiger partial charge on any atom is 0.254 e. The maximum absolute atomic E-state index is 12.9. The van der Waals surface area contributed by atoms with Crippen molar-refractivity contribution in [2.45, 2.75) is 19.1 Å². The molecule has 1 aliphatic heterocycles. The first-order valence-corrected chi connectivity index (χ1v) is 8.15. The molecule has 6 heteroatoms. The first-order chi connectivity index (χ1) is 11.3. The van der Waals surface area contributed by atoms with Gasteiger partial charge in [-0.1, -0.05) is 24.3 Å². The first kappa shape index (κ1) is 18.4. The zero-order chi connectivity index (χ0) is 17.9. The molecule has 0 aliphatic carbocycles. The van der Waals surface area contributed by atoms with Gasteiger partial charge in [-0.05, 0) is 32.1 Å². The van der Waals surface area contributed by atoms with Crippen molar-refractivity contribution in [1.82, 2.24) is 14.7 Å². The van der Waals surface area contributed by atoms with Crippen molar-refractivity contribution in [2.75, 3.05) is 47.9 Å². The zero-order valence-electron chi connectivity index (χ0n) is 15.2. The van der Waals surface area contributed by atoms with E-state index < -0.39 is 12.1 Å². The Balaban J connectivity index is 2.27. The third kappa shape index (κ3) is 3.94. The van der Waals surface area contributed by atoms with Crippen LogP contribution in [-0.2, 0) is 14.3 Å². The van der Waals surface area contributed by atoms with Crippen molar-refractivity contribution in [3.05, 3.63) is 35.4 Å². The van der Waals surface area contributed by atoms with E-state index in [4.69, 9.17) is 4.74 Å². The quantitative estimate of drug-likeness (QED) is 0.804. The molecule has 0 saturated carbocycles. The van der Waals surface area contributed by atoms with Crippen molar-refractivity contribution >= 4 is 11.8 Å². The van der Waals surface area contributed by atoms with Crippen LogP contribution in [0.3, 0.4) is 0 Å². The van der Waals surface area contributed by atoms with E-state index in [0.29, 0.717) is 6.54 Å². The molecular weight excluding hydrogens is 306 g/mol. The molecule has 1 aliphatic rings. The molecule has 1 aromatic rings. The van der Waals surface area contributed by atoms with Gasteiger partial charge in [0.05, 0.1) is 6.04 Å². The molecule has 2 amide bonds. The van der Waals surface area contributed by atoms with E-state index in [9.17, 15) is 9.59 Å². The number of hydrogen-bond acceptors (Lipinski definition) is 4. The van der Waals surface area contributed by atoms with Gasteiger partial charge in [0.1, 0.15) is 6.61 Å². The van der Waals surface area contributed by atoms with Crippen LogP contribution in [-0.4, -0.2) is 80.5 Å². The fraction of sp³-hybridized carbons (Fsp3) is 0.556. The van der Waals surface area contributed by atoms with Gasteiger partial charge < -0.3 is 19.4 Å². The Morgan fingerprint density at radius 2 is 1.92 bits per heavy atom. The number of rotatable bonds is 5. The van der Waals surface area contributed by atoms with Gasteiger partial charge in [0.2, 0.25) is 5.91 Å². The predicted molar refractivity (Wildman–Crippen MR) is 92.6 cm³/mol. The fourth-order valence-corrected chi connectivity index (χ4v) is 2.89. The van der Waals surface area contributed by atoms with E-state index in [1.165, 1.54) is 0 Å². The second-order valence-corrected chi connectivity index (χ2v) is 6.60. The SMILES string of the molecule is Cc1ccccc1C1C(C(=O)N(C)CCN(C)C)OCC(=O)N1C. The average Bonchev–Trinajstić information content (AvgIpc) is 2.55. The zero-order valence-corrected chi connectivity index (χ0v) is 15.2. The highest BCUT2D eigenvalue weighted by atomic mass is 16.5. The van der Waals surface area contributed by atoms with Crippen LogP contribution >= 0.6 is 0 Å². The van der Waals surface area contributed by atoms with Gasteiger partial charge >= 0.3 is 0 Å². The van der Waals surface area contributed by atoms with Gasteiger partial charge in [0, 0.05) is 27.2 Å². The monoisotopic (exact) mass is 333 g/mol. The third-order valence-electron chi connectivity index (χ3n) is 4.49. The number of ether oxygens (including phenoxy) is 1. The van der Waals surface area contributed by atoms with Crippen LogP contribution in [0.4, 0.5) is 0 Å². The molecule has 132 valence electrons. The smallest absolute Gasteiger partial charge is 0.254 e. The molecule has 24 heavy (non-hydrogen) atoms. The summed E-state index contributed by atoms with van der Waals surface area (Å²) in [4.78, 5) is 30.4. The number of hydrogen-bond donors (Lipinski definition) is 0. The number of morpholine rings is 1. The van der Waals surface area contributed by atoms with Crippen LogP contribution in [0.5, 0.6) is 0 Å². The van der Waals surface area contributed by atoms with Crippen molar-refractivity contribution in [1.29, 1.82) is 0 Å². The summed E-state index contributed by atoms with van der Waals surface area (Å²) in [5, 5.41) is 0. The highest BCUT2D eigenvalue weighted by molar-refractivity contribution is 5.86. The average molecular weight is 333 g/mol. The van der Waals surface area contributed by atoms with Crippen LogP contribution in [0.2, 0.25) is 0 Å². The summed E-state index contributed by atoms with van der Waals surface area (Å²) in [6, 6.07) is 7.41. The molecule has 0 bridgehead atoms. The minimum Gasteiger partial charge on any atom is -0.356 e. The standard InChI is InChI=1S/C18H27N3O3/c1-13-8-6-7-9-14(13)16-17(24-12-15(22)21(16)5)18(23)20(4)11-10-19(2)3/h6-9,16-17H,10-12H2,1-5H3. The second-order valence-electron chi connectivity index (χ2n) is 6.60. The molecule has 6 nitrogen and oxygen atoms in total. The summed E-state index contributed by atoms with van der Waals surface area (Å²) in [7, 11) is 7.46. The number of carbonyl (C=O) groups is 2. The van der Waals surface area contributed by atoms with Gasteiger partial charge in [0.25, 0.3) is 5.91 Å². The second kappa shape index (κ2) is 7.77. The first-order valence-electron chi connectivity index (χ1n) is 8.15. The van der Waals surface area contributed by atoms with Crippen molar-refractivity contribution in [3.63, 3.8) is 0 Å². The normalized spacial score (nSPS) is 21.2. The molecule has 0 N–H and O–H groups in total. The summed E-state index contributed by atoms with van der Waals surface area (Å²) in [6.45, 7) is 3.32. The highest BCUT2D eigenvalue weighted by Gasteiger charge is 2.41. The van der Waals surface area contributed by atoms with E-state index in [2.05, 4.69) is 0 Å². The topological polar surface area (TPSA) is 53.1 Å². The van der Waals surface area contributed by atoms with Crippen LogP contribution in [0, 0.1) is 6.92 Å². The van der Waals surface area contributed by atoms with Gasteiger partial charge in [-0.3, -0.25) is 9.59 Å². The fourth-order valence-electron chi connectivity index (χ4n) is 2.89. The Hall–Kier alpha value is -1.92. The van der Waals surface area contributed by atoms with E-state index in [1.54, 1.807) is 23.9 Å². The Bertz CT molecular complexity index is 603. The minimum atomic E-state index is -0.680. The van der Waals surface area contributed by atoms with Crippen molar-refractivity contribution in [3.8, 4) is 0 Å². The van der Waals surface area contributed by atoms with E-state index in [1.807, 2.05) is 50.2 Å². The predicted octanol–water partition coefficient (Wildman–Crippen LogP) is 0.913. The highest BCUT2D eigenvalue weighted by Crippen LogP contribution is 2.31. The lowest BCUT2D eigenvalue weighted by Gasteiger charge is -2.40. The molecule has 2 atom stereocenters. The molecule has 1 saturated heterocycles. The summed E-state index contributed by atoms with van der Waals surface area (Å²) in [5.74, 6) is -0.201. The largest absolute Gasteiger partial charge is 0.356 e. The summed E-state index contributed by atoms with van der Waals surface area (Å²) >= 11 is 0. The van der Waals surface area contributed by atoms with Crippen LogP contribution in [0.25, 0.3) is 0 Å². The summed E-state index contributed by atoms with van der Waals surface area (Å²) < 4.78 is 5.68. The van der Waals surface area contributed by atoms with Crippen LogP contribution in [0.15, 0.2) is 24.3 Å². The molecule has 1 heterocycles. The molecular formula is C18H27N3O3. The number of amides is 2.